The van der Waals surface area contributed by atoms with Crippen LogP contribution in [0.4, 0.5) is 0 Å². The summed E-state index contributed by atoms with van der Waals surface area (Å²) in [6.07, 6.45) is 2.03. The summed E-state index contributed by atoms with van der Waals surface area (Å²) in [5.41, 5.74) is 12.7. The Kier molecular flexibility index (Phi) is 10.8. The van der Waals surface area contributed by atoms with Crippen LogP contribution in [0.1, 0.15) is 25.0 Å². The standard InChI is InChI=1S/C53H41I2N3/c1-5-39(36(2)55-53(41-21-11-7-12-22-41)56-37(3)40-19-9-6-10-20-40)35-54-38(4)57-49-27-17-15-25-45(49)47-33-42(29-31-51(47)57)43-30-32-52-48(34-43)46-26-16-18-28-50(46)58(52)44-23-13-8-14-24-44/h5-35H,1,3H2,2,4H3/b39-35+,56-53?. The third-order valence-corrected chi connectivity index (χ3v) is 15.7. The first-order chi connectivity index (χ1) is 28.5. The molecule has 9 aromatic rings. The molecule has 0 saturated heterocycles. The lowest BCUT2D eigenvalue weighted by atomic mass is 10.0. The van der Waals surface area contributed by atoms with Crippen molar-refractivity contribution in [1.29, 1.82) is 0 Å². The number of halogens is 2. The number of para-hydroxylation sites is 3. The van der Waals surface area contributed by atoms with E-state index in [1.54, 1.807) is 0 Å². The summed E-state index contributed by atoms with van der Waals surface area (Å²) in [7, 11) is 0. The van der Waals surface area contributed by atoms with Crippen molar-refractivity contribution >= 4 is 102 Å². The third-order valence-electron chi connectivity index (χ3n) is 10.5. The van der Waals surface area contributed by atoms with Gasteiger partial charge in [0.2, 0.25) is 0 Å². The Morgan fingerprint density at radius 1 is 0.552 bits per heavy atom. The fourth-order valence-electron chi connectivity index (χ4n) is 7.66. The van der Waals surface area contributed by atoms with Crippen LogP contribution in [0.5, 0.6) is 0 Å². The van der Waals surface area contributed by atoms with E-state index in [9.17, 15) is 0 Å². The molecule has 0 atom stereocenters. The average Bonchev–Trinajstić information content (AvgIpc) is 3.79. The number of allylic oxidation sites excluding steroid dienone is 2. The molecule has 0 bridgehead atoms. The lowest BCUT2D eigenvalue weighted by molar-refractivity contribution is 1.18. The number of nitrogens with zero attached hydrogens (tertiary/aromatic N) is 3. The van der Waals surface area contributed by atoms with Gasteiger partial charge in [0.1, 0.15) is 3.72 Å². The fraction of sp³-hybridized carbons (Fsp3) is 0.0377. The fourth-order valence-corrected chi connectivity index (χ4v) is 13.1. The summed E-state index contributed by atoms with van der Waals surface area (Å²) in [5, 5.41) is 5.06. The molecule has 2 aromatic heterocycles. The molecule has 5 heteroatoms. The van der Waals surface area contributed by atoms with Crippen LogP contribution in [0.15, 0.2) is 210 Å². The summed E-state index contributed by atoms with van der Waals surface area (Å²) >= 11 is -1.06. The number of aliphatic imine (C=N–C) groups is 1. The van der Waals surface area contributed by atoms with Gasteiger partial charge in [-0.15, -0.1) is 0 Å². The minimum atomic E-state index is -0.583. The molecule has 0 fully saturated rings. The topological polar surface area (TPSA) is 22.2 Å². The molecule has 0 saturated carbocycles. The second-order valence-electron chi connectivity index (χ2n) is 14.1. The van der Waals surface area contributed by atoms with Crippen LogP contribution >= 0.6 is 41.5 Å². The molecule has 282 valence electrons. The van der Waals surface area contributed by atoms with Crippen molar-refractivity contribution in [3.05, 3.63) is 216 Å². The Morgan fingerprint density at radius 2 is 1.05 bits per heavy atom. The second-order valence-corrected chi connectivity index (χ2v) is 20.1. The zero-order chi connectivity index (χ0) is 39.6. The van der Waals surface area contributed by atoms with Gasteiger partial charge in [0.25, 0.3) is 0 Å². The molecule has 0 aliphatic carbocycles. The predicted octanol–water partition coefficient (Wildman–Crippen LogP) is 14.9. The lowest BCUT2D eigenvalue weighted by Gasteiger charge is -2.09. The van der Waals surface area contributed by atoms with Crippen LogP contribution < -0.4 is 0 Å². The number of benzene rings is 7. The number of hydrogen-bond acceptors (Lipinski definition) is 1. The Bertz CT molecular complexity index is 3140. The van der Waals surface area contributed by atoms with E-state index in [1.165, 1.54) is 73.1 Å². The van der Waals surface area contributed by atoms with Crippen LogP contribution in [0, 0.1) is 0 Å². The van der Waals surface area contributed by atoms with Gasteiger partial charge in [0.05, 0.1) is 31.4 Å². The normalized spacial score (nSPS) is 13.1. The molecule has 0 amide bonds. The van der Waals surface area contributed by atoms with Crippen LogP contribution in [0.25, 0.3) is 66.1 Å². The molecule has 9 rings (SSSR count). The Labute approximate surface area is 359 Å². The maximum atomic E-state index is 5.14. The van der Waals surface area contributed by atoms with Crippen molar-refractivity contribution < 1.29 is 0 Å². The quantitative estimate of drug-likeness (QED) is 0.0740. The second kappa shape index (κ2) is 16.6. The highest BCUT2D eigenvalue weighted by molar-refractivity contribution is 14.2. The van der Waals surface area contributed by atoms with Crippen LogP contribution in [-0.4, -0.2) is 20.0 Å². The molecule has 0 N–H and O–H groups in total. The SMILES string of the molecule is C=C/C(=C\I=C(C)n1c2ccccc2c2cc(-c3ccc4c(c3)c3ccccc3n4-c3ccccc3)ccc21)C(C)=IC(=NC(=C)c1ccccc1)c1ccccc1. The first kappa shape index (κ1) is 37.8. The van der Waals surface area contributed by atoms with E-state index < -0.39 is 41.5 Å². The summed E-state index contributed by atoms with van der Waals surface area (Å²) in [6.45, 7) is 13.2. The Balaban J connectivity index is 1.09. The molecular weight excluding hydrogens is 932 g/mol. The van der Waals surface area contributed by atoms with Crippen molar-refractivity contribution in [3.63, 3.8) is 0 Å². The summed E-state index contributed by atoms with van der Waals surface area (Å²) in [5.74, 6) is 0. The number of hydrogen-bond donors (Lipinski definition) is 0. The van der Waals surface area contributed by atoms with E-state index in [2.05, 4.69) is 198 Å². The van der Waals surface area contributed by atoms with E-state index in [4.69, 9.17) is 4.99 Å². The van der Waals surface area contributed by atoms with Gasteiger partial charge in [-0.05, 0) is 92.2 Å². The summed E-state index contributed by atoms with van der Waals surface area (Å²) < 4.78 is 11.1. The number of rotatable bonds is 10. The first-order valence-corrected chi connectivity index (χ1v) is 23.8. The van der Waals surface area contributed by atoms with Gasteiger partial charge in [-0.1, -0.05) is 188 Å². The molecule has 3 nitrogen and oxygen atoms in total. The molecule has 0 radical (unpaired) electrons. The molecule has 7 aromatic carbocycles. The highest BCUT2D eigenvalue weighted by atomic mass is 127. The monoisotopic (exact) mass is 973 g/mol. The third kappa shape index (κ3) is 7.29. The molecule has 0 aliphatic heterocycles. The molecule has 58 heavy (non-hydrogen) atoms. The highest BCUT2D eigenvalue weighted by Crippen LogP contribution is 2.38. The molecule has 0 spiro atoms. The zero-order valence-corrected chi connectivity index (χ0v) is 36.7. The minimum Gasteiger partial charge on any atom is -0.309 e. The van der Waals surface area contributed by atoms with Gasteiger partial charge >= 0.3 is 0 Å². The number of fused-ring (bicyclic) bond motifs is 6. The predicted molar refractivity (Wildman–Crippen MR) is 271 cm³/mol. The van der Waals surface area contributed by atoms with Crippen molar-refractivity contribution in [2.24, 2.45) is 4.99 Å². The van der Waals surface area contributed by atoms with E-state index >= 15 is 0 Å². The maximum absolute atomic E-state index is 5.14. The summed E-state index contributed by atoms with van der Waals surface area (Å²) in [4.78, 5) is 5.14. The van der Waals surface area contributed by atoms with Crippen molar-refractivity contribution in [1.82, 2.24) is 9.13 Å². The first-order valence-electron chi connectivity index (χ1n) is 19.3. The van der Waals surface area contributed by atoms with E-state index in [0.717, 1.165) is 20.5 Å². The van der Waals surface area contributed by atoms with Gasteiger partial charge in [-0.25, -0.2) is 4.99 Å². The summed E-state index contributed by atoms with van der Waals surface area (Å²) in [6, 6.07) is 62.9. The smallest absolute Gasteiger partial charge is 0.104 e. The van der Waals surface area contributed by atoms with E-state index in [0.29, 0.717) is 0 Å². The van der Waals surface area contributed by atoms with Gasteiger partial charge in [0, 0.05) is 32.8 Å². The molecular formula is C53H41I2N3. The van der Waals surface area contributed by atoms with Gasteiger partial charge < -0.3 is 9.13 Å². The lowest BCUT2D eigenvalue weighted by Crippen LogP contribution is -2.04. The van der Waals surface area contributed by atoms with Crippen molar-refractivity contribution in [2.45, 2.75) is 13.8 Å². The highest BCUT2D eigenvalue weighted by Gasteiger charge is 2.16. The van der Waals surface area contributed by atoms with Crippen molar-refractivity contribution in [2.75, 3.05) is 0 Å². The van der Waals surface area contributed by atoms with Gasteiger partial charge in [0.15, 0.2) is 0 Å². The maximum Gasteiger partial charge on any atom is 0.104 e. The van der Waals surface area contributed by atoms with E-state index in [-0.39, 0.29) is 0 Å². The Morgan fingerprint density at radius 3 is 1.71 bits per heavy atom. The number of aromatic nitrogens is 2. The largest absolute Gasteiger partial charge is 0.309 e. The van der Waals surface area contributed by atoms with Crippen LogP contribution in [0.3, 0.4) is 0 Å². The zero-order valence-electron chi connectivity index (χ0n) is 32.4. The molecule has 0 aliphatic rings. The van der Waals surface area contributed by atoms with Crippen LogP contribution in [-0.2, 0) is 0 Å². The Hall–Kier alpha value is -5.77. The van der Waals surface area contributed by atoms with Gasteiger partial charge in [-0.3, -0.25) is 0 Å². The average molecular weight is 974 g/mol. The molecule has 2 heterocycles. The van der Waals surface area contributed by atoms with Gasteiger partial charge in [-0.2, -0.15) is 0 Å². The minimum absolute atomic E-state index is 0.480. The van der Waals surface area contributed by atoms with E-state index in [1.807, 2.05) is 24.3 Å². The van der Waals surface area contributed by atoms with Crippen molar-refractivity contribution in [3.8, 4) is 16.8 Å². The van der Waals surface area contributed by atoms with Crippen LogP contribution in [0.2, 0.25) is 0 Å². The molecule has 0 unspecified atom stereocenters.